The normalized spacial score (nSPS) is 11.3. The number of aliphatic carboxylic acids is 1. The van der Waals surface area contributed by atoms with E-state index in [4.69, 9.17) is 0 Å². The molecule has 0 unspecified atom stereocenters. The van der Waals surface area contributed by atoms with Crippen LogP contribution in [0.5, 0.6) is 0 Å². The Bertz CT molecular complexity index is 613. The number of hydrogen-bond acceptors (Lipinski definition) is 3. The van der Waals surface area contributed by atoms with Gasteiger partial charge in [-0.3, -0.25) is 0 Å². The van der Waals surface area contributed by atoms with Gasteiger partial charge in [-0.25, -0.2) is 4.79 Å². The molecule has 0 aliphatic rings. The molecule has 2 rings (SSSR count). The summed E-state index contributed by atoms with van der Waals surface area (Å²) in [5.41, 5.74) is 2.52. The van der Waals surface area contributed by atoms with Crippen LogP contribution in [-0.4, -0.2) is 16.7 Å². The van der Waals surface area contributed by atoms with Crippen LogP contribution in [0.4, 0.5) is 11.4 Å². The van der Waals surface area contributed by atoms with E-state index in [0.29, 0.717) is 0 Å². The number of carbonyl (C=O) groups is 1. The third-order valence-electron chi connectivity index (χ3n) is 3.99. The van der Waals surface area contributed by atoms with Crippen LogP contribution in [0.15, 0.2) is 48.5 Å². The summed E-state index contributed by atoms with van der Waals surface area (Å²) in [4.78, 5) is 12.1. The van der Waals surface area contributed by atoms with Crippen LogP contribution in [0.1, 0.15) is 25.0 Å². The van der Waals surface area contributed by atoms with Crippen LogP contribution in [0, 0.1) is 19.8 Å². The molecule has 0 spiro atoms. The van der Waals surface area contributed by atoms with Crippen molar-refractivity contribution < 1.29 is 9.90 Å². The Morgan fingerprint density at radius 1 is 0.870 bits per heavy atom. The van der Waals surface area contributed by atoms with E-state index in [0.717, 1.165) is 22.5 Å². The highest BCUT2D eigenvalue weighted by molar-refractivity contribution is 5.86. The van der Waals surface area contributed by atoms with E-state index in [9.17, 15) is 9.90 Å². The largest absolute Gasteiger partial charge is 0.478 e. The maximum Gasteiger partial charge on any atom is 0.350 e. The monoisotopic (exact) mass is 312 g/mol. The average molecular weight is 312 g/mol. The third kappa shape index (κ3) is 3.83. The fraction of sp³-hybridized carbons (Fsp3) is 0.316. The van der Waals surface area contributed by atoms with Gasteiger partial charge in [0.15, 0.2) is 0 Å². The van der Waals surface area contributed by atoms with Crippen molar-refractivity contribution in [2.45, 2.75) is 33.4 Å². The van der Waals surface area contributed by atoms with Gasteiger partial charge in [0.25, 0.3) is 0 Å². The first kappa shape index (κ1) is 16.9. The van der Waals surface area contributed by atoms with Crippen molar-refractivity contribution in [2.75, 3.05) is 10.6 Å². The minimum atomic E-state index is -1.29. The highest BCUT2D eigenvalue weighted by atomic mass is 16.4. The molecule has 0 bridgehead atoms. The number of benzene rings is 2. The minimum Gasteiger partial charge on any atom is -0.478 e. The Morgan fingerprint density at radius 2 is 1.22 bits per heavy atom. The maximum absolute atomic E-state index is 12.1. The molecule has 0 aromatic heterocycles. The van der Waals surface area contributed by atoms with E-state index in [-0.39, 0.29) is 5.92 Å². The van der Waals surface area contributed by atoms with E-state index < -0.39 is 11.6 Å². The van der Waals surface area contributed by atoms with Gasteiger partial charge in [-0.2, -0.15) is 0 Å². The van der Waals surface area contributed by atoms with E-state index >= 15 is 0 Å². The zero-order valence-electron chi connectivity index (χ0n) is 14.1. The molecule has 0 radical (unpaired) electrons. The van der Waals surface area contributed by atoms with E-state index in [1.165, 1.54) is 0 Å². The maximum atomic E-state index is 12.1. The lowest BCUT2D eigenvalue weighted by Gasteiger charge is -2.37. The number of carboxylic acid groups (broad SMARTS) is 1. The summed E-state index contributed by atoms with van der Waals surface area (Å²) in [6.07, 6.45) is 0. The van der Waals surface area contributed by atoms with Gasteiger partial charge in [0.2, 0.25) is 5.66 Å². The third-order valence-corrected chi connectivity index (χ3v) is 3.99. The molecule has 0 atom stereocenters. The lowest BCUT2D eigenvalue weighted by atomic mass is 9.94. The number of anilines is 2. The van der Waals surface area contributed by atoms with Gasteiger partial charge in [-0.15, -0.1) is 0 Å². The molecule has 0 saturated heterocycles. The van der Waals surface area contributed by atoms with Crippen molar-refractivity contribution in [3.05, 3.63) is 59.7 Å². The zero-order valence-corrected chi connectivity index (χ0v) is 14.1. The van der Waals surface area contributed by atoms with Crippen LogP contribution in [-0.2, 0) is 4.79 Å². The fourth-order valence-corrected chi connectivity index (χ4v) is 2.40. The quantitative estimate of drug-likeness (QED) is 0.697. The molecule has 0 fully saturated rings. The first-order chi connectivity index (χ1) is 10.8. The van der Waals surface area contributed by atoms with Crippen LogP contribution in [0.2, 0.25) is 0 Å². The Morgan fingerprint density at radius 3 is 1.48 bits per heavy atom. The molecular weight excluding hydrogens is 288 g/mol. The highest BCUT2D eigenvalue weighted by Crippen LogP contribution is 2.26. The minimum absolute atomic E-state index is 0.178. The first-order valence-electron chi connectivity index (χ1n) is 7.76. The van der Waals surface area contributed by atoms with Crippen molar-refractivity contribution >= 4 is 17.3 Å². The topological polar surface area (TPSA) is 61.4 Å². The van der Waals surface area contributed by atoms with Gasteiger partial charge in [-0.05, 0) is 38.1 Å². The molecule has 23 heavy (non-hydrogen) atoms. The van der Waals surface area contributed by atoms with Crippen molar-refractivity contribution in [3.63, 3.8) is 0 Å². The van der Waals surface area contributed by atoms with Crippen molar-refractivity contribution in [3.8, 4) is 0 Å². The summed E-state index contributed by atoms with van der Waals surface area (Å²) in [6.45, 7) is 7.77. The molecule has 0 amide bonds. The lowest BCUT2D eigenvalue weighted by Crippen LogP contribution is -2.57. The summed E-state index contributed by atoms with van der Waals surface area (Å²) < 4.78 is 0. The lowest BCUT2D eigenvalue weighted by molar-refractivity contribution is -0.142. The molecule has 2 aromatic rings. The van der Waals surface area contributed by atoms with Gasteiger partial charge < -0.3 is 15.7 Å². The zero-order chi connectivity index (χ0) is 17.0. The fourth-order valence-electron chi connectivity index (χ4n) is 2.40. The molecule has 3 N–H and O–H groups in total. The van der Waals surface area contributed by atoms with Gasteiger partial charge in [0, 0.05) is 17.3 Å². The van der Waals surface area contributed by atoms with Gasteiger partial charge in [-0.1, -0.05) is 49.2 Å². The molecule has 0 aliphatic heterocycles. The van der Waals surface area contributed by atoms with Gasteiger partial charge in [0.05, 0.1) is 0 Å². The Hall–Kier alpha value is -2.49. The molecule has 4 nitrogen and oxygen atoms in total. The number of aryl methyl sites for hydroxylation is 2. The molecular formula is C19H24N2O2. The van der Waals surface area contributed by atoms with Crippen molar-refractivity contribution in [1.82, 2.24) is 0 Å². The van der Waals surface area contributed by atoms with E-state index in [2.05, 4.69) is 10.6 Å². The number of carboxylic acids is 1. The van der Waals surface area contributed by atoms with E-state index in [1.54, 1.807) is 0 Å². The van der Waals surface area contributed by atoms with Gasteiger partial charge in [0.1, 0.15) is 0 Å². The Kier molecular flexibility index (Phi) is 4.94. The molecule has 0 aliphatic carbocycles. The summed E-state index contributed by atoms with van der Waals surface area (Å²) in [6, 6.07) is 15.4. The smallest absolute Gasteiger partial charge is 0.350 e. The van der Waals surface area contributed by atoms with Crippen molar-refractivity contribution in [1.29, 1.82) is 0 Å². The summed E-state index contributed by atoms with van der Waals surface area (Å²) in [5, 5.41) is 16.2. The Labute approximate surface area is 137 Å². The van der Waals surface area contributed by atoms with Crippen LogP contribution in [0.3, 0.4) is 0 Å². The molecule has 0 saturated carbocycles. The summed E-state index contributed by atoms with van der Waals surface area (Å²) in [7, 11) is 0. The van der Waals surface area contributed by atoms with Crippen LogP contribution >= 0.6 is 0 Å². The number of hydrogen-bond donors (Lipinski definition) is 3. The van der Waals surface area contributed by atoms with E-state index in [1.807, 2.05) is 76.2 Å². The Balaban J connectivity index is 2.36. The van der Waals surface area contributed by atoms with Crippen molar-refractivity contribution in [2.24, 2.45) is 5.92 Å². The highest BCUT2D eigenvalue weighted by Gasteiger charge is 2.42. The standard InChI is InChI=1S/C19H24N2O2/c1-13(2)19(18(22)23,20-16-9-5-14(3)6-10-16)21-17-11-7-15(4)8-12-17/h5-13,20-21H,1-4H3,(H,22,23). The van der Waals surface area contributed by atoms with Gasteiger partial charge >= 0.3 is 5.97 Å². The summed E-state index contributed by atoms with van der Waals surface area (Å²) >= 11 is 0. The number of nitrogens with one attached hydrogen (secondary N) is 2. The molecule has 2 aromatic carbocycles. The average Bonchev–Trinajstić information content (AvgIpc) is 2.50. The second-order valence-electron chi connectivity index (χ2n) is 6.25. The predicted octanol–water partition coefficient (Wildman–Crippen LogP) is 4.26. The molecule has 4 heteroatoms. The molecule has 122 valence electrons. The molecule has 0 heterocycles. The number of rotatable bonds is 6. The second kappa shape index (κ2) is 6.73. The van der Waals surface area contributed by atoms with Crippen LogP contribution in [0.25, 0.3) is 0 Å². The first-order valence-corrected chi connectivity index (χ1v) is 7.76. The van der Waals surface area contributed by atoms with Crippen LogP contribution < -0.4 is 10.6 Å². The SMILES string of the molecule is Cc1ccc(NC(Nc2ccc(C)cc2)(C(=O)O)C(C)C)cc1. The summed E-state index contributed by atoms with van der Waals surface area (Å²) in [5.74, 6) is -1.11. The predicted molar refractivity (Wildman–Crippen MR) is 94.8 cm³/mol. The second-order valence-corrected chi connectivity index (χ2v) is 6.25.